The Kier molecular flexibility index (Phi) is 3.62. The number of nitrogens with zero attached hydrogens (tertiary/aromatic N) is 3. The zero-order valence-electron chi connectivity index (χ0n) is 10.8. The van der Waals surface area contributed by atoms with Crippen LogP contribution in [0.25, 0.3) is 11.4 Å². The molecule has 1 heterocycles. The molecular formula is C14H14N4O. The maximum Gasteiger partial charge on any atom is 0.161 e. The van der Waals surface area contributed by atoms with Crippen molar-refractivity contribution in [1.29, 1.82) is 5.26 Å². The zero-order chi connectivity index (χ0) is 13.8. The molecular weight excluding hydrogens is 240 g/mol. The number of ether oxygens (including phenoxy) is 1. The fourth-order valence-electron chi connectivity index (χ4n) is 1.75. The topological polar surface area (TPSA) is 84.8 Å². The molecule has 0 unspecified atom stereocenters. The minimum Gasteiger partial charge on any atom is -0.494 e. The summed E-state index contributed by atoms with van der Waals surface area (Å²) in [6.07, 6.45) is 0. The quantitative estimate of drug-likeness (QED) is 0.908. The van der Waals surface area contributed by atoms with E-state index in [-0.39, 0.29) is 5.82 Å². The minimum absolute atomic E-state index is 0.201. The second kappa shape index (κ2) is 5.36. The van der Waals surface area contributed by atoms with E-state index in [0.29, 0.717) is 23.7 Å². The Hall–Kier alpha value is -2.61. The van der Waals surface area contributed by atoms with Crippen LogP contribution in [-0.4, -0.2) is 16.6 Å². The first kappa shape index (κ1) is 12.8. The third-order valence-electron chi connectivity index (χ3n) is 2.63. The lowest BCUT2D eigenvalue weighted by Crippen LogP contribution is -2.03. The van der Waals surface area contributed by atoms with Gasteiger partial charge < -0.3 is 10.5 Å². The summed E-state index contributed by atoms with van der Waals surface area (Å²) in [5.74, 6) is 1.45. The number of hydrogen-bond acceptors (Lipinski definition) is 5. The Bertz CT molecular complexity index is 623. The number of aromatic nitrogens is 2. The molecule has 96 valence electrons. The first-order chi connectivity index (χ1) is 9.15. The van der Waals surface area contributed by atoms with Crippen molar-refractivity contribution in [2.75, 3.05) is 12.3 Å². The highest BCUT2D eigenvalue weighted by molar-refractivity contribution is 5.62. The Balaban J connectivity index is 2.48. The van der Waals surface area contributed by atoms with E-state index < -0.39 is 0 Å². The van der Waals surface area contributed by atoms with Crippen molar-refractivity contribution in [1.82, 2.24) is 9.97 Å². The van der Waals surface area contributed by atoms with E-state index in [2.05, 4.69) is 9.97 Å². The van der Waals surface area contributed by atoms with Crippen LogP contribution in [-0.2, 0) is 0 Å². The van der Waals surface area contributed by atoms with Crippen LogP contribution in [0.3, 0.4) is 0 Å². The lowest BCUT2D eigenvalue weighted by molar-refractivity contribution is 0.340. The van der Waals surface area contributed by atoms with E-state index in [0.717, 1.165) is 11.3 Å². The van der Waals surface area contributed by atoms with Gasteiger partial charge in [0.1, 0.15) is 23.2 Å². The average Bonchev–Trinajstić information content (AvgIpc) is 2.39. The van der Waals surface area contributed by atoms with E-state index >= 15 is 0 Å². The fraction of sp³-hybridized carbons (Fsp3) is 0.214. The number of nitrogen functional groups attached to an aromatic ring is 1. The molecule has 2 aromatic rings. The Morgan fingerprint density at radius 3 is 2.79 bits per heavy atom. The highest BCUT2D eigenvalue weighted by Gasteiger charge is 2.10. The number of nitrogens with two attached hydrogens (primary N) is 1. The van der Waals surface area contributed by atoms with E-state index in [1.165, 1.54) is 0 Å². The summed E-state index contributed by atoms with van der Waals surface area (Å²) in [5.41, 5.74) is 7.47. The summed E-state index contributed by atoms with van der Waals surface area (Å²) in [5, 5.41) is 8.94. The first-order valence-corrected chi connectivity index (χ1v) is 5.93. The van der Waals surface area contributed by atoms with Gasteiger partial charge in [0.15, 0.2) is 5.82 Å². The van der Waals surface area contributed by atoms with E-state index in [1.54, 1.807) is 6.92 Å². The van der Waals surface area contributed by atoms with Gasteiger partial charge in [0.05, 0.1) is 12.3 Å². The van der Waals surface area contributed by atoms with Crippen LogP contribution in [0.15, 0.2) is 24.3 Å². The molecule has 0 radical (unpaired) electrons. The molecule has 0 saturated heterocycles. The molecule has 19 heavy (non-hydrogen) atoms. The highest BCUT2D eigenvalue weighted by atomic mass is 16.5. The van der Waals surface area contributed by atoms with Crippen molar-refractivity contribution in [3.05, 3.63) is 35.5 Å². The predicted molar refractivity (Wildman–Crippen MR) is 72.5 cm³/mol. The average molecular weight is 254 g/mol. The second-order valence-electron chi connectivity index (χ2n) is 3.97. The fourth-order valence-corrected chi connectivity index (χ4v) is 1.75. The van der Waals surface area contributed by atoms with Crippen LogP contribution < -0.4 is 10.5 Å². The predicted octanol–water partition coefficient (Wildman–Crippen LogP) is 2.30. The van der Waals surface area contributed by atoms with Gasteiger partial charge in [0.25, 0.3) is 0 Å². The maximum absolute atomic E-state index is 8.94. The molecule has 5 heteroatoms. The molecule has 0 bridgehead atoms. The number of benzene rings is 1. The summed E-state index contributed by atoms with van der Waals surface area (Å²) < 4.78 is 5.43. The minimum atomic E-state index is 0.201. The molecule has 0 atom stereocenters. The summed E-state index contributed by atoms with van der Waals surface area (Å²) in [6.45, 7) is 4.26. The van der Waals surface area contributed by atoms with E-state index in [9.17, 15) is 0 Å². The van der Waals surface area contributed by atoms with Crippen LogP contribution >= 0.6 is 0 Å². The summed E-state index contributed by atoms with van der Waals surface area (Å²) >= 11 is 0. The van der Waals surface area contributed by atoms with Crippen LogP contribution in [0.4, 0.5) is 5.82 Å². The van der Waals surface area contributed by atoms with Gasteiger partial charge in [-0.15, -0.1) is 0 Å². The number of hydrogen-bond donors (Lipinski definition) is 1. The van der Waals surface area contributed by atoms with E-state index in [4.69, 9.17) is 15.7 Å². The molecule has 1 aromatic heterocycles. The van der Waals surface area contributed by atoms with Crippen LogP contribution in [0, 0.1) is 18.3 Å². The summed E-state index contributed by atoms with van der Waals surface area (Å²) in [7, 11) is 0. The monoisotopic (exact) mass is 254 g/mol. The Labute approximate surface area is 111 Å². The third-order valence-corrected chi connectivity index (χ3v) is 2.63. The van der Waals surface area contributed by atoms with Gasteiger partial charge in [0, 0.05) is 5.56 Å². The Morgan fingerprint density at radius 1 is 1.37 bits per heavy atom. The number of rotatable bonds is 3. The van der Waals surface area contributed by atoms with Gasteiger partial charge in [0.2, 0.25) is 0 Å². The second-order valence-corrected chi connectivity index (χ2v) is 3.97. The smallest absolute Gasteiger partial charge is 0.161 e. The molecule has 0 aliphatic heterocycles. The van der Waals surface area contributed by atoms with E-state index in [1.807, 2.05) is 37.3 Å². The number of nitriles is 1. The number of anilines is 1. The molecule has 0 spiro atoms. The standard InChI is InChI=1S/C14H14N4O/c1-3-19-11-6-4-5-10(7-11)14-17-9(2)12(8-15)13(16)18-14/h4-7H,3H2,1-2H3,(H2,16,17,18). The van der Waals surface area contributed by atoms with Crippen molar-refractivity contribution in [3.63, 3.8) is 0 Å². The normalized spacial score (nSPS) is 9.95. The lowest BCUT2D eigenvalue weighted by atomic mass is 10.1. The number of aryl methyl sites for hydroxylation is 1. The van der Waals surface area contributed by atoms with Crippen molar-refractivity contribution in [3.8, 4) is 23.2 Å². The van der Waals surface area contributed by atoms with Gasteiger partial charge in [-0.3, -0.25) is 0 Å². The summed E-state index contributed by atoms with van der Waals surface area (Å²) in [4.78, 5) is 8.47. The van der Waals surface area contributed by atoms with Crippen molar-refractivity contribution < 1.29 is 4.74 Å². The molecule has 2 N–H and O–H groups in total. The van der Waals surface area contributed by atoms with Crippen LogP contribution in [0.1, 0.15) is 18.2 Å². The van der Waals surface area contributed by atoms with Crippen LogP contribution in [0.5, 0.6) is 5.75 Å². The highest BCUT2D eigenvalue weighted by Crippen LogP contribution is 2.23. The Morgan fingerprint density at radius 2 is 2.16 bits per heavy atom. The molecule has 0 aliphatic rings. The molecule has 0 aliphatic carbocycles. The zero-order valence-corrected chi connectivity index (χ0v) is 10.8. The van der Waals surface area contributed by atoms with Crippen molar-refractivity contribution >= 4 is 5.82 Å². The lowest BCUT2D eigenvalue weighted by Gasteiger charge is -2.07. The van der Waals surface area contributed by atoms with Gasteiger partial charge in [-0.25, -0.2) is 9.97 Å². The molecule has 0 fully saturated rings. The maximum atomic E-state index is 8.94. The van der Waals surface area contributed by atoms with Crippen molar-refractivity contribution in [2.24, 2.45) is 0 Å². The van der Waals surface area contributed by atoms with Crippen LogP contribution in [0.2, 0.25) is 0 Å². The third kappa shape index (κ3) is 2.63. The molecule has 1 aromatic carbocycles. The van der Waals surface area contributed by atoms with Gasteiger partial charge >= 0.3 is 0 Å². The molecule has 0 saturated carbocycles. The molecule has 2 rings (SSSR count). The summed E-state index contributed by atoms with van der Waals surface area (Å²) in [6, 6.07) is 9.46. The van der Waals surface area contributed by atoms with Crippen molar-refractivity contribution in [2.45, 2.75) is 13.8 Å². The van der Waals surface area contributed by atoms with Gasteiger partial charge in [-0.2, -0.15) is 5.26 Å². The van der Waals surface area contributed by atoms with Gasteiger partial charge in [-0.05, 0) is 26.0 Å². The van der Waals surface area contributed by atoms with Gasteiger partial charge in [-0.1, -0.05) is 12.1 Å². The molecule has 0 amide bonds. The largest absolute Gasteiger partial charge is 0.494 e. The molecule has 5 nitrogen and oxygen atoms in total. The first-order valence-electron chi connectivity index (χ1n) is 5.93. The SMILES string of the molecule is CCOc1cccc(-c2nc(C)c(C#N)c(N)n2)c1.